The van der Waals surface area contributed by atoms with Gasteiger partial charge in [0.05, 0.1) is 0 Å². The largest absolute Gasteiger partial charge is 0.316 e. The first-order valence-electron chi connectivity index (χ1n) is 5.06. The standard InChI is InChI=1S/C12H16FN/c1-12(2)8-14-7-10(12)9-5-3-4-6-11(9)13/h3-6,10,14H,7-8H2,1-2H3/t10-/m0/s1. The Bertz CT molecular complexity index is 333. The van der Waals surface area contributed by atoms with E-state index in [4.69, 9.17) is 0 Å². The molecular formula is C12H16FN. The molecule has 0 aliphatic carbocycles. The van der Waals surface area contributed by atoms with E-state index in [1.54, 1.807) is 12.1 Å². The second-order valence-electron chi connectivity index (χ2n) is 4.69. The van der Waals surface area contributed by atoms with Crippen LogP contribution in [-0.4, -0.2) is 13.1 Å². The average molecular weight is 193 g/mol. The number of rotatable bonds is 1. The fourth-order valence-electron chi connectivity index (χ4n) is 2.23. The summed E-state index contributed by atoms with van der Waals surface area (Å²) in [5, 5.41) is 3.32. The smallest absolute Gasteiger partial charge is 0.126 e. The van der Waals surface area contributed by atoms with Crippen molar-refractivity contribution in [1.29, 1.82) is 0 Å². The summed E-state index contributed by atoms with van der Waals surface area (Å²) < 4.78 is 13.6. The summed E-state index contributed by atoms with van der Waals surface area (Å²) in [5.41, 5.74) is 1.00. The Kier molecular flexibility index (Phi) is 2.31. The van der Waals surface area contributed by atoms with Crippen molar-refractivity contribution in [3.63, 3.8) is 0 Å². The van der Waals surface area contributed by atoms with Gasteiger partial charge in [-0.25, -0.2) is 4.39 Å². The van der Waals surface area contributed by atoms with Crippen molar-refractivity contribution < 1.29 is 4.39 Å². The average Bonchev–Trinajstić information content (AvgIpc) is 2.46. The van der Waals surface area contributed by atoms with Crippen LogP contribution in [-0.2, 0) is 0 Å². The SMILES string of the molecule is CC1(C)CNC[C@H]1c1ccccc1F. The molecule has 0 unspecified atom stereocenters. The summed E-state index contributed by atoms with van der Waals surface area (Å²) in [6, 6.07) is 7.10. The van der Waals surface area contributed by atoms with Gasteiger partial charge in [0, 0.05) is 19.0 Å². The van der Waals surface area contributed by atoms with Crippen LogP contribution in [0.2, 0.25) is 0 Å². The molecule has 0 amide bonds. The molecule has 1 aliphatic heterocycles. The number of benzene rings is 1. The third-order valence-corrected chi connectivity index (χ3v) is 3.15. The molecule has 1 N–H and O–H groups in total. The van der Waals surface area contributed by atoms with Gasteiger partial charge >= 0.3 is 0 Å². The highest BCUT2D eigenvalue weighted by Crippen LogP contribution is 2.39. The maximum atomic E-state index is 13.6. The monoisotopic (exact) mass is 193 g/mol. The molecule has 1 fully saturated rings. The minimum absolute atomic E-state index is 0.0747. The fourth-order valence-corrected chi connectivity index (χ4v) is 2.23. The van der Waals surface area contributed by atoms with E-state index in [0.29, 0.717) is 5.92 Å². The fraction of sp³-hybridized carbons (Fsp3) is 0.500. The Hall–Kier alpha value is -0.890. The lowest BCUT2D eigenvalue weighted by molar-refractivity contribution is 0.355. The van der Waals surface area contributed by atoms with Crippen LogP contribution in [0, 0.1) is 11.2 Å². The molecule has 76 valence electrons. The Balaban J connectivity index is 2.36. The lowest BCUT2D eigenvalue weighted by Crippen LogP contribution is -2.21. The summed E-state index contributed by atoms with van der Waals surface area (Å²) in [4.78, 5) is 0. The van der Waals surface area contributed by atoms with Crippen LogP contribution in [0.5, 0.6) is 0 Å². The first kappa shape index (κ1) is 9.66. The normalized spacial score (nSPS) is 25.2. The summed E-state index contributed by atoms with van der Waals surface area (Å²) in [6.07, 6.45) is 0. The van der Waals surface area contributed by atoms with E-state index in [9.17, 15) is 4.39 Å². The highest BCUT2D eigenvalue weighted by atomic mass is 19.1. The first-order valence-corrected chi connectivity index (χ1v) is 5.06. The van der Waals surface area contributed by atoms with E-state index in [2.05, 4.69) is 19.2 Å². The van der Waals surface area contributed by atoms with Crippen molar-refractivity contribution in [2.24, 2.45) is 5.41 Å². The third kappa shape index (κ3) is 1.55. The molecule has 0 radical (unpaired) electrons. The Morgan fingerprint density at radius 2 is 2.07 bits per heavy atom. The van der Waals surface area contributed by atoms with Gasteiger partial charge in [0.1, 0.15) is 5.82 Å². The van der Waals surface area contributed by atoms with E-state index < -0.39 is 0 Å². The van der Waals surface area contributed by atoms with Crippen molar-refractivity contribution in [3.05, 3.63) is 35.6 Å². The van der Waals surface area contributed by atoms with Crippen LogP contribution < -0.4 is 5.32 Å². The summed E-state index contributed by atoms with van der Waals surface area (Å²) in [6.45, 7) is 6.22. The van der Waals surface area contributed by atoms with Crippen molar-refractivity contribution >= 4 is 0 Å². The predicted octanol–water partition coefficient (Wildman–Crippen LogP) is 2.54. The van der Waals surface area contributed by atoms with Gasteiger partial charge in [-0.05, 0) is 17.0 Å². The summed E-state index contributed by atoms with van der Waals surface area (Å²) in [5.74, 6) is 0.220. The van der Waals surface area contributed by atoms with E-state index in [1.807, 2.05) is 12.1 Å². The molecule has 0 bridgehead atoms. The molecule has 1 atom stereocenters. The molecule has 1 aromatic rings. The van der Waals surface area contributed by atoms with Crippen molar-refractivity contribution in [2.75, 3.05) is 13.1 Å². The number of hydrogen-bond donors (Lipinski definition) is 1. The van der Waals surface area contributed by atoms with Crippen LogP contribution in [0.25, 0.3) is 0 Å². The lowest BCUT2D eigenvalue weighted by Gasteiger charge is -2.26. The van der Waals surface area contributed by atoms with Crippen molar-refractivity contribution in [3.8, 4) is 0 Å². The maximum Gasteiger partial charge on any atom is 0.126 e. The van der Waals surface area contributed by atoms with Gasteiger partial charge in [-0.3, -0.25) is 0 Å². The van der Waals surface area contributed by atoms with Gasteiger partial charge in [0.2, 0.25) is 0 Å². The van der Waals surface area contributed by atoms with Crippen LogP contribution in [0.4, 0.5) is 4.39 Å². The highest BCUT2D eigenvalue weighted by Gasteiger charge is 2.36. The van der Waals surface area contributed by atoms with Gasteiger partial charge in [0.15, 0.2) is 0 Å². The molecule has 1 heterocycles. The molecule has 2 heteroatoms. The van der Waals surface area contributed by atoms with Crippen LogP contribution in [0.1, 0.15) is 25.3 Å². The third-order valence-electron chi connectivity index (χ3n) is 3.15. The van der Waals surface area contributed by atoms with E-state index in [1.165, 1.54) is 0 Å². The van der Waals surface area contributed by atoms with Gasteiger partial charge in [-0.15, -0.1) is 0 Å². The van der Waals surface area contributed by atoms with E-state index in [-0.39, 0.29) is 11.2 Å². The van der Waals surface area contributed by atoms with E-state index >= 15 is 0 Å². The van der Waals surface area contributed by atoms with Gasteiger partial charge in [-0.1, -0.05) is 32.0 Å². The second kappa shape index (κ2) is 3.35. The molecule has 1 saturated heterocycles. The molecule has 1 nitrogen and oxygen atoms in total. The number of hydrogen-bond acceptors (Lipinski definition) is 1. The Morgan fingerprint density at radius 1 is 1.36 bits per heavy atom. The Morgan fingerprint density at radius 3 is 2.64 bits per heavy atom. The topological polar surface area (TPSA) is 12.0 Å². The highest BCUT2D eigenvalue weighted by molar-refractivity contribution is 5.25. The zero-order chi connectivity index (χ0) is 10.2. The zero-order valence-corrected chi connectivity index (χ0v) is 8.68. The molecule has 14 heavy (non-hydrogen) atoms. The van der Waals surface area contributed by atoms with Crippen LogP contribution >= 0.6 is 0 Å². The summed E-state index contributed by atoms with van der Waals surface area (Å²) >= 11 is 0. The van der Waals surface area contributed by atoms with Crippen LogP contribution in [0.15, 0.2) is 24.3 Å². The molecule has 0 saturated carbocycles. The molecule has 1 aliphatic rings. The molecule has 2 rings (SSSR count). The zero-order valence-electron chi connectivity index (χ0n) is 8.68. The predicted molar refractivity (Wildman–Crippen MR) is 55.8 cm³/mol. The first-order chi connectivity index (χ1) is 6.61. The minimum Gasteiger partial charge on any atom is -0.316 e. The van der Waals surface area contributed by atoms with Crippen molar-refractivity contribution in [2.45, 2.75) is 19.8 Å². The quantitative estimate of drug-likeness (QED) is 0.722. The van der Waals surface area contributed by atoms with E-state index in [0.717, 1.165) is 18.7 Å². The molecular weight excluding hydrogens is 177 g/mol. The molecule has 0 spiro atoms. The Labute approximate surface area is 84.3 Å². The van der Waals surface area contributed by atoms with Gasteiger partial charge in [-0.2, -0.15) is 0 Å². The second-order valence-corrected chi connectivity index (χ2v) is 4.69. The molecule has 1 aromatic carbocycles. The van der Waals surface area contributed by atoms with Crippen molar-refractivity contribution in [1.82, 2.24) is 5.32 Å². The number of halogens is 1. The number of nitrogens with one attached hydrogen (secondary N) is 1. The van der Waals surface area contributed by atoms with Crippen LogP contribution in [0.3, 0.4) is 0 Å². The molecule has 0 aromatic heterocycles. The maximum absolute atomic E-state index is 13.6. The van der Waals surface area contributed by atoms with Gasteiger partial charge < -0.3 is 5.32 Å². The minimum atomic E-state index is -0.0747. The van der Waals surface area contributed by atoms with Gasteiger partial charge in [0.25, 0.3) is 0 Å². The lowest BCUT2D eigenvalue weighted by atomic mass is 9.78. The summed E-state index contributed by atoms with van der Waals surface area (Å²) in [7, 11) is 0.